The first kappa shape index (κ1) is 16.2. The standard InChI is InChI=1S/C11H13N3O.C2H2O4/c1-3-11-12-8-13-14(11)9-4-6-10(15-2)7-5-9;3-1(4)2(5)6/h4-8H,3H2,1-2H3;(H,3,4)(H,5,6). The summed E-state index contributed by atoms with van der Waals surface area (Å²) in [5.41, 5.74) is 1.00. The van der Waals surface area contributed by atoms with Crippen LogP contribution in [-0.4, -0.2) is 44.0 Å². The molecular formula is C13H15N3O5. The van der Waals surface area contributed by atoms with Crippen LogP contribution in [0.15, 0.2) is 30.6 Å². The highest BCUT2D eigenvalue weighted by Gasteiger charge is 2.04. The van der Waals surface area contributed by atoms with Gasteiger partial charge in [-0.2, -0.15) is 5.10 Å². The summed E-state index contributed by atoms with van der Waals surface area (Å²) in [5.74, 6) is -1.85. The van der Waals surface area contributed by atoms with Gasteiger partial charge < -0.3 is 14.9 Å². The molecule has 0 saturated heterocycles. The lowest BCUT2D eigenvalue weighted by atomic mass is 10.3. The third-order valence-corrected chi connectivity index (χ3v) is 2.43. The summed E-state index contributed by atoms with van der Waals surface area (Å²) in [4.78, 5) is 22.4. The van der Waals surface area contributed by atoms with E-state index in [1.165, 1.54) is 0 Å². The molecule has 2 aromatic rings. The summed E-state index contributed by atoms with van der Waals surface area (Å²) in [7, 11) is 1.65. The van der Waals surface area contributed by atoms with E-state index in [-0.39, 0.29) is 0 Å². The van der Waals surface area contributed by atoms with Crippen molar-refractivity contribution in [2.24, 2.45) is 0 Å². The maximum Gasteiger partial charge on any atom is 0.414 e. The molecule has 0 fully saturated rings. The summed E-state index contributed by atoms with van der Waals surface area (Å²) in [6, 6.07) is 7.76. The minimum absolute atomic E-state index is 0.844. The Morgan fingerprint density at radius 3 is 2.19 bits per heavy atom. The Morgan fingerprint density at radius 2 is 1.76 bits per heavy atom. The summed E-state index contributed by atoms with van der Waals surface area (Å²) < 4.78 is 6.93. The van der Waals surface area contributed by atoms with Gasteiger partial charge in [-0.3, -0.25) is 0 Å². The second-order valence-corrected chi connectivity index (χ2v) is 3.75. The molecule has 8 heteroatoms. The molecule has 0 spiro atoms. The van der Waals surface area contributed by atoms with E-state index in [1.54, 1.807) is 13.4 Å². The molecule has 112 valence electrons. The van der Waals surface area contributed by atoms with Crippen molar-refractivity contribution in [3.05, 3.63) is 36.4 Å². The van der Waals surface area contributed by atoms with Gasteiger partial charge in [0.2, 0.25) is 0 Å². The van der Waals surface area contributed by atoms with Gasteiger partial charge in [0, 0.05) is 6.42 Å². The summed E-state index contributed by atoms with van der Waals surface area (Å²) in [6.45, 7) is 2.06. The quantitative estimate of drug-likeness (QED) is 0.811. The summed E-state index contributed by atoms with van der Waals surface area (Å²) >= 11 is 0. The van der Waals surface area contributed by atoms with Crippen molar-refractivity contribution in [3.63, 3.8) is 0 Å². The number of carbonyl (C=O) groups is 2. The predicted molar refractivity (Wildman–Crippen MR) is 72.6 cm³/mol. The maximum absolute atomic E-state index is 9.10. The molecule has 2 rings (SSSR count). The molecule has 0 amide bonds. The van der Waals surface area contributed by atoms with Crippen LogP contribution in [0.2, 0.25) is 0 Å². The van der Waals surface area contributed by atoms with E-state index in [0.717, 1.165) is 23.7 Å². The number of rotatable bonds is 3. The number of hydrogen-bond donors (Lipinski definition) is 2. The maximum atomic E-state index is 9.10. The van der Waals surface area contributed by atoms with Gasteiger partial charge in [0.05, 0.1) is 12.8 Å². The van der Waals surface area contributed by atoms with Gasteiger partial charge in [0.25, 0.3) is 0 Å². The molecule has 1 aromatic heterocycles. The smallest absolute Gasteiger partial charge is 0.414 e. The molecule has 0 radical (unpaired) electrons. The van der Waals surface area contributed by atoms with Crippen molar-refractivity contribution in [3.8, 4) is 11.4 Å². The van der Waals surface area contributed by atoms with Gasteiger partial charge in [-0.25, -0.2) is 19.3 Å². The number of ether oxygens (including phenoxy) is 1. The van der Waals surface area contributed by atoms with Crippen LogP contribution >= 0.6 is 0 Å². The Morgan fingerprint density at radius 1 is 1.19 bits per heavy atom. The third kappa shape index (κ3) is 4.60. The van der Waals surface area contributed by atoms with E-state index >= 15 is 0 Å². The largest absolute Gasteiger partial charge is 0.497 e. The van der Waals surface area contributed by atoms with E-state index in [2.05, 4.69) is 17.0 Å². The van der Waals surface area contributed by atoms with Crippen molar-refractivity contribution >= 4 is 11.9 Å². The van der Waals surface area contributed by atoms with Crippen LogP contribution < -0.4 is 4.74 Å². The Kier molecular flexibility index (Phi) is 5.87. The molecule has 0 aliphatic rings. The molecule has 0 unspecified atom stereocenters. The number of methoxy groups -OCH3 is 1. The van der Waals surface area contributed by atoms with E-state index in [0.29, 0.717) is 0 Å². The van der Waals surface area contributed by atoms with E-state index < -0.39 is 11.9 Å². The predicted octanol–water partition coefficient (Wildman–Crippen LogP) is 0.994. The highest BCUT2D eigenvalue weighted by Crippen LogP contribution is 2.15. The minimum atomic E-state index is -1.82. The van der Waals surface area contributed by atoms with Crippen molar-refractivity contribution in [2.75, 3.05) is 7.11 Å². The molecular weight excluding hydrogens is 278 g/mol. The van der Waals surface area contributed by atoms with Crippen molar-refractivity contribution in [1.82, 2.24) is 14.8 Å². The van der Waals surface area contributed by atoms with Crippen LogP contribution in [0.5, 0.6) is 5.75 Å². The molecule has 8 nitrogen and oxygen atoms in total. The molecule has 1 aromatic carbocycles. The number of hydrogen-bond acceptors (Lipinski definition) is 5. The zero-order valence-corrected chi connectivity index (χ0v) is 11.6. The van der Waals surface area contributed by atoms with Gasteiger partial charge in [-0.05, 0) is 24.3 Å². The van der Waals surface area contributed by atoms with Crippen molar-refractivity contribution in [1.29, 1.82) is 0 Å². The highest BCUT2D eigenvalue weighted by atomic mass is 16.5. The van der Waals surface area contributed by atoms with E-state index in [1.807, 2.05) is 28.9 Å². The molecule has 0 aliphatic heterocycles. The van der Waals surface area contributed by atoms with Gasteiger partial charge >= 0.3 is 11.9 Å². The monoisotopic (exact) mass is 293 g/mol. The number of nitrogens with zero attached hydrogens (tertiary/aromatic N) is 3. The van der Waals surface area contributed by atoms with Crippen LogP contribution in [0.25, 0.3) is 5.69 Å². The molecule has 1 heterocycles. The Bertz CT molecular complexity index is 595. The molecule has 0 aliphatic carbocycles. The van der Waals surface area contributed by atoms with E-state index in [4.69, 9.17) is 24.5 Å². The lowest BCUT2D eigenvalue weighted by molar-refractivity contribution is -0.159. The fourth-order valence-electron chi connectivity index (χ4n) is 1.45. The van der Waals surface area contributed by atoms with Crippen LogP contribution in [0.4, 0.5) is 0 Å². The summed E-state index contributed by atoms with van der Waals surface area (Å²) in [6.07, 6.45) is 2.44. The third-order valence-electron chi connectivity index (χ3n) is 2.43. The van der Waals surface area contributed by atoms with Gasteiger partial charge in [0.15, 0.2) is 0 Å². The van der Waals surface area contributed by atoms with Gasteiger partial charge in [0.1, 0.15) is 17.9 Å². The molecule has 2 N–H and O–H groups in total. The van der Waals surface area contributed by atoms with Gasteiger partial charge in [-0.1, -0.05) is 6.92 Å². The number of aryl methyl sites for hydroxylation is 1. The highest BCUT2D eigenvalue weighted by molar-refractivity contribution is 6.27. The van der Waals surface area contributed by atoms with E-state index in [9.17, 15) is 0 Å². The zero-order valence-electron chi connectivity index (χ0n) is 11.6. The zero-order chi connectivity index (χ0) is 15.8. The van der Waals surface area contributed by atoms with Crippen LogP contribution in [0, 0.1) is 0 Å². The first-order valence-corrected chi connectivity index (χ1v) is 5.99. The number of carboxylic acid groups (broad SMARTS) is 2. The lowest BCUT2D eigenvalue weighted by Gasteiger charge is -2.05. The lowest BCUT2D eigenvalue weighted by Crippen LogP contribution is -2.09. The fraction of sp³-hybridized carbons (Fsp3) is 0.231. The van der Waals surface area contributed by atoms with Crippen LogP contribution in [0.1, 0.15) is 12.7 Å². The molecule has 0 saturated carbocycles. The Labute approximate surface area is 120 Å². The number of carboxylic acids is 2. The topological polar surface area (TPSA) is 115 Å². The summed E-state index contributed by atoms with van der Waals surface area (Å²) in [5, 5.41) is 19.0. The van der Waals surface area contributed by atoms with Crippen molar-refractivity contribution in [2.45, 2.75) is 13.3 Å². The van der Waals surface area contributed by atoms with Crippen molar-refractivity contribution < 1.29 is 24.5 Å². The molecule has 0 atom stereocenters. The molecule has 0 bridgehead atoms. The Hall–Kier alpha value is -2.90. The van der Waals surface area contributed by atoms with Gasteiger partial charge in [-0.15, -0.1) is 0 Å². The number of benzene rings is 1. The SMILES string of the molecule is CCc1ncnn1-c1ccc(OC)cc1.O=C(O)C(=O)O. The second kappa shape index (κ2) is 7.63. The fourth-order valence-corrected chi connectivity index (χ4v) is 1.45. The minimum Gasteiger partial charge on any atom is -0.497 e. The second-order valence-electron chi connectivity index (χ2n) is 3.75. The normalized spacial score (nSPS) is 9.43. The first-order valence-electron chi connectivity index (χ1n) is 5.99. The number of aromatic nitrogens is 3. The average Bonchev–Trinajstić information content (AvgIpc) is 2.96. The number of aliphatic carboxylic acids is 2. The van der Waals surface area contributed by atoms with Crippen LogP contribution in [-0.2, 0) is 16.0 Å². The average molecular weight is 293 g/mol. The molecule has 21 heavy (non-hydrogen) atoms. The first-order chi connectivity index (χ1) is 9.99. The van der Waals surface area contributed by atoms with Crippen LogP contribution in [0.3, 0.4) is 0 Å². The Balaban J connectivity index is 0.000000315.